The number of likely N-dealkylation sites (N-methyl/N-ethyl adjacent to an activating group) is 1. The third-order valence-corrected chi connectivity index (χ3v) is 7.88. The van der Waals surface area contributed by atoms with Crippen LogP contribution in [0.2, 0.25) is 10.0 Å². The molecule has 3 aromatic rings. The number of carbonyl (C=O) groups excluding carboxylic acids is 2. The predicted molar refractivity (Wildman–Crippen MR) is 149 cm³/mol. The number of anilines is 1. The van der Waals surface area contributed by atoms with Crippen LogP contribution in [0.5, 0.6) is 0 Å². The second-order valence-electron chi connectivity index (χ2n) is 8.86. The number of benzene rings is 3. The molecule has 0 aliphatic rings. The molecule has 1 N–H and O–H groups in total. The van der Waals surface area contributed by atoms with Crippen molar-refractivity contribution < 1.29 is 31.2 Å². The summed E-state index contributed by atoms with van der Waals surface area (Å²) in [5.74, 6) is -1.36. The molecule has 3 rings (SSSR count). The van der Waals surface area contributed by atoms with Crippen LogP contribution in [0, 0.1) is 0 Å². The smallest absolute Gasteiger partial charge is 0.357 e. The zero-order valence-electron chi connectivity index (χ0n) is 21.5. The first kappa shape index (κ1) is 31.3. The second-order valence-corrected chi connectivity index (χ2v) is 11.6. The number of amides is 2. The summed E-state index contributed by atoms with van der Waals surface area (Å²) in [5.41, 5.74) is -0.463. The number of hydrogen-bond acceptors (Lipinski definition) is 4. The van der Waals surface area contributed by atoms with Gasteiger partial charge in [0.05, 0.1) is 22.5 Å². The van der Waals surface area contributed by atoms with E-state index in [9.17, 15) is 31.2 Å². The maximum Gasteiger partial charge on any atom is 0.417 e. The van der Waals surface area contributed by atoms with Gasteiger partial charge in [-0.15, -0.1) is 0 Å². The third kappa shape index (κ3) is 7.89. The van der Waals surface area contributed by atoms with E-state index in [-0.39, 0.29) is 13.0 Å². The predicted octanol–water partition coefficient (Wildman–Crippen LogP) is 5.16. The highest BCUT2D eigenvalue weighted by Gasteiger charge is 2.36. The molecule has 0 saturated heterocycles. The molecule has 214 valence electrons. The molecule has 0 heterocycles. The van der Waals surface area contributed by atoms with Crippen molar-refractivity contribution in [2.45, 2.75) is 25.2 Å². The monoisotopic (exact) mass is 615 g/mol. The Hall–Kier alpha value is -3.28. The van der Waals surface area contributed by atoms with E-state index in [0.717, 1.165) is 24.0 Å². The number of halogens is 5. The summed E-state index contributed by atoms with van der Waals surface area (Å²) in [7, 11) is -2.87. The molecule has 0 radical (unpaired) electrons. The van der Waals surface area contributed by atoms with Crippen molar-refractivity contribution in [1.82, 2.24) is 10.2 Å². The molecule has 0 aliphatic heterocycles. The molecule has 0 aromatic heterocycles. The van der Waals surface area contributed by atoms with Crippen molar-refractivity contribution in [3.8, 4) is 0 Å². The van der Waals surface area contributed by atoms with Gasteiger partial charge < -0.3 is 10.2 Å². The normalized spacial score (nSPS) is 12.5. The number of nitrogens with one attached hydrogen (secondary N) is 1. The molecule has 7 nitrogen and oxygen atoms in total. The Labute approximate surface area is 240 Å². The molecule has 0 bridgehead atoms. The van der Waals surface area contributed by atoms with Gasteiger partial charge in [0.15, 0.2) is 0 Å². The van der Waals surface area contributed by atoms with Crippen molar-refractivity contribution in [3.63, 3.8) is 0 Å². The average Bonchev–Trinajstić information content (AvgIpc) is 2.89. The Balaban J connectivity index is 2.08. The Kier molecular flexibility index (Phi) is 10.1. The van der Waals surface area contributed by atoms with Gasteiger partial charge in [-0.05, 0) is 35.4 Å². The molecule has 0 saturated carbocycles. The number of nitrogens with zero attached hydrogens (tertiary/aromatic N) is 2. The van der Waals surface area contributed by atoms with Crippen LogP contribution >= 0.6 is 23.2 Å². The van der Waals surface area contributed by atoms with Crippen LogP contribution in [0.4, 0.5) is 18.9 Å². The van der Waals surface area contributed by atoms with Crippen LogP contribution in [0.15, 0.2) is 72.8 Å². The fourth-order valence-corrected chi connectivity index (χ4v) is 5.29. The highest BCUT2D eigenvalue weighted by Crippen LogP contribution is 2.37. The van der Waals surface area contributed by atoms with E-state index in [1.165, 1.54) is 11.9 Å². The lowest BCUT2D eigenvalue weighted by Gasteiger charge is -2.33. The summed E-state index contributed by atoms with van der Waals surface area (Å²) in [4.78, 5) is 28.1. The highest BCUT2D eigenvalue weighted by molar-refractivity contribution is 7.92. The van der Waals surface area contributed by atoms with Crippen LogP contribution in [0.3, 0.4) is 0 Å². The van der Waals surface area contributed by atoms with Crippen LogP contribution in [-0.4, -0.2) is 51.0 Å². The van der Waals surface area contributed by atoms with E-state index in [0.29, 0.717) is 21.0 Å². The minimum Gasteiger partial charge on any atom is -0.357 e. The Morgan fingerprint density at radius 3 is 2.15 bits per heavy atom. The first-order valence-electron chi connectivity index (χ1n) is 11.8. The van der Waals surface area contributed by atoms with Crippen molar-refractivity contribution in [2.24, 2.45) is 0 Å². The highest BCUT2D eigenvalue weighted by atomic mass is 35.5. The maximum atomic E-state index is 13.8. The van der Waals surface area contributed by atoms with Crippen molar-refractivity contribution in [2.75, 3.05) is 24.2 Å². The van der Waals surface area contributed by atoms with Crippen molar-refractivity contribution in [1.29, 1.82) is 0 Å². The zero-order valence-corrected chi connectivity index (χ0v) is 23.8. The molecule has 40 heavy (non-hydrogen) atoms. The number of alkyl halides is 3. The van der Waals surface area contributed by atoms with Gasteiger partial charge in [-0.25, -0.2) is 8.42 Å². The molecule has 3 aromatic carbocycles. The summed E-state index contributed by atoms with van der Waals surface area (Å²) in [6.45, 7) is -1.06. The lowest BCUT2D eigenvalue weighted by molar-refractivity contribution is -0.139. The Bertz CT molecular complexity index is 1470. The van der Waals surface area contributed by atoms with Crippen LogP contribution in [0.25, 0.3) is 0 Å². The van der Waals surface area contributed by atoms with E-state index in [1.54, 1.807) is 54.6 Å². The summed E-state index contributed by atoms with van der Waals surface area (Å²) in [5, 5.41) is 2.21. The largest absolute Gasteiger partial charge is 0.417 e. The van der Waals surface area contributed by atoms with Crippen LogP contribution < -0.4 is 9.62 Å². The quantitative estimate of drug-likeness (QED) is 0.341. The van der Waals surface area contributed by atoms with E-state index in [1.807, 2.05) is 0 Å². The lowest BCUT2D eigenvalue weighted by Crippen LogP contribution is -2.53. The van der Waals surface area contributed by atoms with Gasteiger partial charge in [0.25, 0.3) is 0 Å². The maximum absolute atomic E-state index is 13.8. The lowest BCUT2D eigenvalue weighted by atomic mass is 10.0. The molecule has 13 heteroatoms. The molecule has 0 fully saturated rings. The van der Waals surface area contributed by atoms with Gasteiger partial charge in [0, 0.05) is 25.0 Å². The third-order valence-electron chi connectivity index (χ3n) is 6.04. The van der Waals surface area contributed by atoms with Crippen molar-refractivity contribution >= 4 is 50.7 Å². The van der Waals surface area contributed by atoms with Gasteiger partial charge in [0.2, 0.25) is 21.8 Å². The molecule has 0 spiro atoms. The second kappa shape index (κ2) is 12.9. The fraction of sp³-hybridized carbons (Fsp3) is 0.259. The molecule has 0 aliphatic carbocycles. The van der Waals surface area contributed by atoms with Gasteiger partial charge in [-0.1, -0.05) is 71.7 Å². The first-order valence-corrected chi connectivity index (χ1v) is 14.5. The number of carbonyl (C=O) groups is 2. The minimum absolute atomic E-state index is 0.0781. The van der Waals surface area contributed by atoms with Crippen LogP contribution in [0.1, 0.15) is 16.7 Å². The van der Waals surface area contributed by atoms with Crippen LogP contribution in [-0.2, 0) is 38.8 Å². The van der Waals surface area contributed by atoms with Gasteiger partial charge in [-0.3, -0.25) is 13.9 Å². The molecule has 1 atom stereocenters. The number of rotatable bonds is 10. The standard InChI is InChI=1S/C27H26Cl2F3N3O4S/c1-33-26(37)24(14-18-8-4-3-5-9-18)34(16-19-10-6-7-11-22(19)28)25(36)17-35(40(2,38)39)20-12-13-23(29)21(15-20)27(30,31)32/h3-13,15,24H,14,16-17H2,1-2H3,(H,33,37)/t24-/m0/s1. The Morgan fingerprint density at radius 2 is 1.57 bits per heavy atom. The summed E-state index contributed by atoms with van der Waals surface area (Å²) in [6, 6.07) is 16.9. The van der Waals surface area contributed by atoms with Crippen molar-refractivity contribution in [3.05, 3.63) is 99.5 Å². The zero-order chi connectivity index (χ0) is 29.7. The number of sulfonamides is 1. The summed E-state index contributed by atoms with van der Waals surface area (Å²) in [6.07, 6.45) is -4.02. The summed E-state index contributed by atoms with van der Waals surface area (Å²) < 4.78 is 66.6. The molecule has 2 amide bonds. The summed E-state index contributed by atoms with van der Waals surface area (Å²) >= 11 is 12.0. The fourth-order valence-electron chi connectivity index (χ4n) is 4.03. The molecular weight excluding hydrogens is 590 g/mol. The van der Waals surface area contributed by atoms with Gasteiger partial charge in [-0.2, -0.15) is 13.2 Å². The topological polar surface area (TPSA) is 86.8 Å². The molecular formula is C27H26Cl2F3N3O4S. The minimum atomic E-state index is -4.86. The SMILES string of the molecule is CNC(=O)[C@H](Cc1ccccc1)N(Cc1ccccc1Cl)C(=O)CN(c1ccc(Cl)c(C(F)(F)F)c1)S(C)(=O)=O. The van der Waals surface area contributed by atoms with Gasteiger partial charge >= 0.3 is 6.18 Å². The first-order chi connectivity index (χ1) is 18.7. The van der Waals surface area contributed by atoms with E-state index < -0.39 is 56.9 Å². The van der Waals surface area contributed by atoms with E-state index >= 15 is 0 Å². The molecule has 0 unspecified atom stereocenters. The van der Waals surface area contributed by atoms with E-state index in [2.05, 4.69) is 5.32 Å². The van der Waals surface area contributed by atoms with E-state index in [4.69, 9.17) is 23.2 Å². The van der Waals surface area contributed by atoms with Gasteiger partial charge in [0.1, 0.15) is 12.6 Å². The number of hydrogen-bond donors (Lipinski definition) is 1. The Morgan fingerprint density at radius 1 is 0.950 bits per heavy atom. The average molecular weight is 616 g/mol.